The van der Waals surface area contributed by atoms with E-state index >= 15 is 0 Å². The Bertz CT molecular complexity index is 479. The van der Waals surface area contributed by atoms with Gasteiger partial charge in [0.15, 0.2) is 5.13 Å². The van der Waals surface area contributed by atoms with Gasteiger partial charge in [-0.2, -0.15) is 0 Å². The van der Waals surface area contributed by atoms with Crippen LogP contribution < -0.4 is 5.32 Å². The first kappa shape index (κ1) is 10.1. The van der Waals surface area contributed by atoms with Gasteiger partial charge in [0, 0.05) is 17.5 Å². The first-order valence-corrected chi connectivity index (χ1v) is 5.44. The number of halogens is 1. The van der Waals surface area contributed by atoms with Crippen LogP contribution in [-0.4, -0.2) is 12.0 Å². The second-order valence-corrected chi connectivity index (χ2v) is 4.36. The summed E-state index contributed by atoms with van der Waals surface area (Å²) in [7, 11) is 1.81. The number of benzene rings is 1. The van der Waals surface area contributed by atoms with Crippen molar-refractivity contribution in [3.8, 4) is 11.3 Å². The predicted octanol–water partition coefficient (Wildman–Crippen LogP) is 3.30. The predicted molar refractivity (Wildman–Crippen MR) is 61.8 cm³/mol. The highest BCUT2D eigenvalue weighted by molar-refractivity contribution is 7.15. The van der Waals surface area contributed by atoms with Crippen LogP contribution in [0.1, 0.15) is 4.88 Å². The summed E-state index contributed by atoms with van der Waals surface area (Å²) in [4.78, 5) is 5.34. The smallest absolute Gasteiger partial charge is 0.183 e. The van der Waals surface area contributed by atoms with E-state index in [2.05, 4.69) is 10.3 Å². The van der Waals surface area contributed by atoms with Gasteiger partial charge >= 0.3 is 0 Å². The Morgan fingerprint density at radius 1 is 1.33 bits per heavy atom. The minimum atomic E-state index is -0.228. The lowest BCUT2D eigenvalue weighted by Crippen LogP contribution is -1.88. The summed E-state index contributed by atoms with van der Waals surface area (Å²) in [6.45, 7) is 1.94. The second kappa shape index (κ2) is 3.98. The Balaban J connectivity index is 2.54. The van der Waals surface area contributed by atoms with Crippen molar-refractivity contribution < 1.29 is 4.39 Å². The maximum absolute atomic E-state index is 13.5. The molecular formula is C11H11FN2S. The normalized spacial score (nSPS) is 10.3. The van der Waals surface area contributed by atoms with Crippen LogP contribution in [-0.2, 0) is 0 Å². The van der Waals surface area contributed by atoms with Crippen molar-refractivity contribution in [3.63, 3.8) is 0 Å². The third-order valence-corrected chi connectivity index (χ3v) is 3.13. The Kier molecular flexibility index (Phi) is 2.68. The maximum atomic E-state index is 13.5. The van der Waals surface area contributed by atoms with Crippen LogP contribution in [0.2, 0.25) is 0 Å². The van der Waals surface area contributed by atoms with Gasteiger partial charge in [0.25, 0.3) is 0 Å². The summed E-state index contributed by atoms with van der Waals surface area (Å²) in [5, 5.41) is 3.77. The fourth-order valence-corrected chi connectivity index (χ4v) is 2.19. The molecule has 0 amide bonds. The largest absolute Gasteiger partial charge is 0.365 e. The molecule has 0 saturated heterocycles. The molecule has 78 valence electrons. The molecule has 1 heterocycles. The third kappa shape index (κ3) is 1.85. The molecule has 0 saturated carbocycles. The van der Waals surface area contributed by atoms with Crippen LogP contribution in [0.5, 0.6) is 0 Å². The van der Waals surface area contributed by atoms with Crippen LogP contribution in [0.3, 0.4) is 0 Å². The third-order valence-electron chi connectivity index (χ3n) is 2.14. The maximum Gasteiger partial charge on any atom is 0.183 e. The first-order valence-electron chi connectivity index (χ1n) is 4.62. The van der Waals surface area contributed by atoms with E-state index in [0.717, 1.165) is 15.7 Å². The number of aryl methyl sites for hydroxylation is 1. The number of nitrogens with one attached hydrogen (secondary N) is 1. The number of hydrogen-bond donors (Lipinski definition) is 1. The molecule has 1 aromatic heterocycles. The molecule has 0 spiro atoms. The van der Waals surface area contributed by atoms with E-state index < -0.39 is 0 Å². The van der Waals surface area contributed by atoms with Crippen molar-refractivity contribution >= 4 is 16.5 Å². The van der Waals surface area contributed by atoms with Gasteiger partial charge in [0.05, 0.1) is 5.69 Å². The van der Waals surface area contributed by atoms with Crippen LogP contribution in [0.4, 0.5) is 9.52 Å². The molecule has 4 heteroatoms. The molecule has 0 bridgehead atoms. The molecule has 1 aromatic carbocycles. The monoisotopic (exact) mass is 222 g/mol. The first-order chi connectivity index (χ1) is 7.22. The van der Waals surface area contributed by atoms with E-state index in [-0.39, 0.29) is 5.82 Å². The van der Waals surface area contributed by atoms with Crippen LogP contribution >= 0.6 is 11.3 Å². The standard InChI is InChI=1S/C11H11FN2S/c1-7-10(14-11(13-2)15-7)8-5-3-4-6-9(8)12/h3-6H,1-2H3,(H,13,14). The van der Waals surface area contributed by atoms with Gasteiger partial charge in [-0.15, -0.1) is 11.3 Å². The van der Waals surface area contributed by atoms with E-state index in [0.29, 0.717) is 5.56 Å². The van der Waals surface area contributed by atoms with Crippen LogP contribution in [0.25, 0.3) is 11.3 Å². The summed E-state index contributed by atoms with van der Waals surface area (Å²) in [5.41, 5.74) is 1.29. The zero-order chi connectivity index (χ0) is 10.8. The molecule has 1 N–H and O–H groups in total. The van der Waals surface area contributed by atoms with E-state index in [1.54, 1.807) is 12.1 Å². The Hall–Kier alpha value is -1.42. The molecule has 0 aliphatic heterocycles. The quantitative estimate of drug-likeness (QED) is 0.843. The number of anilines is 1. The van der Waals surface area contributed by atoms with Crippen molar-refractivity contribution in [1.29, 1.82) is 0 Å². The molecule has 0 aliphatic carbocycles. The van der Waals surface area contributed by atoms with Crippen molar-refractivity contribution in [2.45, 2.75) is 6.92 Å². The Labute approximate surface area is 91.8 Å². The summed E-state index contributed by atoms with van der Waals surface area (Å²) in [6.07, 6.45) is 0. The van der Waals surface area contributed by atoms with Crippen LogP contribution in [0.15, 0.2) is 24.3 Å². The number of aromatic nitrogens is 1. The number of nitrogens with zero attached hydrogens (tertiary/aromatic N) is 1. The molecule has 2 aromatic rings. The minimum absolute atomic E-state index is 0.228. The summed E-state index contributed by atoms with van der Waals surface area (Å²) < 4.78 is 13.5. The zero-order valence-corrected chi connectivity index (χ0v) is 9.36. The average molecular weight is 222 g/mol. The zero-order valence-electron chi connectivity index (χ0n) is 8.54. The van der Waals surface area contributed by atoms with Gasteiger partial charge in [-0.05, 0) is 19.1 Å². The highest BCUT2D eigenvalue weighted by Crippen LogP contribution is 2.31. The average Bonchev–Trinajstić information content (AvgIpc) is 2.60. The summed E-state index contributed by atoms with van der Waals surface area (Å²) >= 11 is 1.53. The Morgan fingerprint density at radius 2 is 2.07 bits per heavy atom. The van der Waals surface area contributed by atoms with Crippen molar-refractivity contribution in [2.24, 2.45) is 0 Å². The van der Waals surface area contributed by atoms with Gasteiger partial charge in [-0.25, -0.2) is 9.37 Å². The molecule has 15 heavy (non-hydrogen) atoms. The molecular weight excluding hydrogens is 211 g/mol. The summed E-state index contributed by atoms with van der Waals surface area (Å²) in [5.74, 6) is -0.228. The lowest BCUT2D eigenvalue weighted by Gasteiger charge is -1.99. The van der Waals surface area contributed by atoms with Gasteiger partial charge in [0.1, 0.15) is 5.82 Å². The van der Waals surface area contributed by atoms with Gasteiger partial charge in [-0.1, -0.05) is 12.1 Å². The van der Waals surface area contributed by atoms with Crippen molar-refractivity contribution in [1.82, 2.24) is 4.98 Å². The van der Waals surface area contributed by atoms with E-state index in [4.69, 9.17) is 0 Å². The van der Waals surface area contributed by atoms with Gasteiger partial charge in [0.2, 0.25) is 0 Å². The number of rotatable bonds is 2. The number of thiazole rings is 1. The fraction of sp³-hybridized carbons (Fsp3) is 0.182. The topological polar surface area (TPSA) is 24.9 Å². The highest BCUT2D eigenvalue weighted by Gasteiger charge is 2.12. The van der Waals surface area contributed by atoms with E-state index in [9.17, 15) is 4.39 Å². The molecule has 0 atom stereocenters. The van der Waals surface area contributed by atoms with E-state index in [1.165, 1.54) is 17.4 Å². The van der Waals surface area contributed by atoms with E-state index in [1.807, 2.05) is 20.0 Å². The van der Waals surface area contributed by atoms with Crippen LogP contribution in [0, 0.1) is 12.7 Å². The lowest BCUT2D eigenvalue weighted by molar-refractivity contribution is 0.631. The lowest BCUT2D eigenvalue weighted by atomic mass is 10.1. The molecule has 0 unspecified atom stereocenters. The van der Waals surface area contributed by atoms with Gasteiger partial charge < -0.3 is 5.32 Å². The molecule has 0 radical (unpaired) electrons. The highest BCUT2D eigenvalue weighted by atomic mass is 32.1. The van der Waals surface area contributed by atoms with Crippen molar-refractivity contribution in [3.05, 3.63) is 35.0 Å². The molecule has 2 rings (SSSR count). The van der Waals surface area contributed by atoms with Gasteiger partial charge in [-0.3, -0.25) is 0 Å². The minimum Gasteiger partial charge on any atom is -0.365 e. The number of hydrogen-bond acceptors (Lipinski definition) is 3. The fourth-order valence-electron chi connectivity index (χ4n) is 1.41. The molecule has 2 nitrogen and oxygen atoms in total. The second-order valence-electron chi connectivity index (χ2n) is 3.15. The SMILES string of the molecule is CNc1nc(-c2ccccc2F)c(C)s1. The molecule has 0 aliphatic rings. The van der Waals surface area contributed by atoms with Crippen molar-refractivity contribution in [2.75, 3.05) is 12.4 Å². The summed E-state index contributed by atoms with van der Waals surface area (Å²) in [6, 6.07) is 6.69. The molecule has 0 fully saturated rings. The Morgan fingerprint density at radius 3 is 2.67 bits per heavy atom.